The fraction of sp³-hybridized carbons (Fsp3) is 0.682. The molecule has 1 saturated heterocycles. The van der Waals surface area contributed by atoms with E-state index in [4.69, 9.17) is 23.8 Å². The van der Waals surface area contributed by atoms with Crippen LogP contribution in [-0.4, -0.2) is 77.9 Å². The van der Waals surface area contributed by atoms with Gasteiger partial charge in [0.05, 0.1) is 32.0 Å². The Morgan fingerprint density at radius 1 is 0.643 bits per heavy atom. The molecule has 0 bridgehead atoms. The number of unbranched alkanes of at least 4 members (excludes halogenated alkanes) is 9. The predicted octanol–water partition coefficient (Wildman–Crippen LogP) is 9.87. The summed E-state index contributed by atoms with van der Waals surface area (Å²) in [6, 6.07) is 0. The lowest BCUT2D eigenvalue weighted by Crippen LogP contribution is -2.29. The summed E-state index contributed by atoms with van der Waals surface area (Å²) in [5.41, 5.74) is 0. The van der Waals surface area contributed by atoms with Crippen molar-refractivity contribution in [2.75, 3.05) is 26.4 Å². The van der Waals surface area contributed by atoms with Gasteiger partial charge in [-0.2, -0.15) is 0 Å². The maximum atomic E-state index is 12.6. The van der Waals surface area contributed by atoms with E-state index in [0.29, 0.717) is 25.0 Å². The Hall–Kier alpha value is -2.63. The molecule has 3 unspecified atom stereocenters. The summed E-state index contributed by atoms with van der Waals surface area (Å²) in [6.07, 6.45) is 42.1. The van der Waals surface area contributed by atoms with E-state index < -0.39 is 51.8 Å². The van der Waals surface area contributed by atoms with Gasteiger partial charge in [-0.05, 0) is 77.0 Å². The number of hydrogen-bond acceptors (Lipinski definition) is 10. The number of phosphoric ester groups is 1. The Balaban J connectivity index is 2.32. The van der Waals surface area contributed by atoms with Crippen LogP contribution in [0.4, 0.5) is 0 Å². The van der Waals surface area contributed by atoms with Gasteiger partial charge in [-0.15, -0.1) is 0 Å². The summed E-state index contributed by atoms with van der Waals surface area (Å²) in [4.78, 5) is 34.9. The number of rotatable bonds is 37. The highest BCUT2D eigenvalue weighted by Crippen LogP contribution is 2.43. The molecule has 11 nitrogen and oxygen atoms in total. The van der Waals surface area contributed by atoms with Crippen LogP contribution in [0.15, 0.2) is 72.9 Å². The van der Waals surface area contributed by atoms with Crippen molar-refractivity contribution in [1.29, 1.82) is 0 Å². The average Bonchev–Trinajstić information content (AvgIpc) is 3.94. The van der Waals surface area contributed by atoms with Crippen molar-refractivity contribution in [1.82, 2.24) is 0 Å². The highest BCUT2D eigenvalue weighted by Gasteiger charge is 2.36. The van der Waals surface area contributed by atoms with E-state index >= 15 is 0 Å². The highest BCUT2D eigenvalue weighted by atomic mass is 31.2. The quantitative estimate of drug-likeness (QED) is 0.0180. The second-order valence-corrected chi connectivity index (χ2v) is 15.5. The number of esters is 2. The molecule has 3 N–H and O–H groups in total. The Kier molecular flexibility index (Phi) is 32.6. The zero-order valence-electron chi connectivity index (χ0n) is 34.3. The van der Waals surface area contributed by atoms with E-state index in [2.05, 4.69) is 79.1 Å². The molecular formula is C44H73O11P. The van der Waals surface area contributed by atoms with Crippen LogP contribution in [0, 0.1) is 0 Å². The maximum Gasteiger partial charge on any atom is 0.472 e. The standard InChI is InChI=1S/C44H73O11P/c1-3-5-7-8-9-10-11-12-16-19-22-25-29-33-43(47)51-37-40(38-53-56(49,50)52-36-39(46)35-45)54-44(48)34-30-26-23-20-17-14-13-15-18-21-24-28-32-42-41(55-42)31-27-6-4-2/h6,10-11,14-15,17-18,23-24,26-28,39-42,45-46H,3-5,7-9,12-13,16,19-22,25,29-38H2,1-2H3,(H,49,50)/b11-10-,17-14-,18-15-,26-23-,27-6-,28-24-/t39-,40+,41?,42?/m0/s1. The molecule has 320 valence electrons. The van der Waals surface area contributed by atoms with E-state index in [1.165, 1.54) is 25.7 Å². The number of aliphatic hydroxyl groups is 2. The predicted molar refractivity (Wildman–Crippen MR) is 223 cm³/mol. The molecule has 0 aromatic heterocycles. The molecule has 0 aromatic carbocycles. The molecule has 5 atom stereocenters. The summed E-state index contributed by atoms with van der Waals surface area (Å²) in [5, 5.41) is 18.3. The average molecular weight is 809 g/mol. The zero-order valence-corrected chi connectivity index (χ0v) is 35.2. The molecular weight excluding hydrogens is 735 g/mol. The monoisotopic (exact) mass is 808 g/mol. The summed E-state index contributed by atoms with van der Waals surface area (Å²) >= 11 is 0. The van der Waals surface area contributed by atoms with Gasteiger partial charge >= 0.3 is 19.8 Å². The first-order chi connectivity index (χ1) is 27.2. The third-order valence-corrected chi connectivity index (χ3v) is 9.71. The third-order valence-electron chi connectivity index (χ3n) is 8.76. The zero-order chi connectivity index (χ0) is 41.0. The van der Waals surface area contributed by atoms with Crippen molar-refractivity contribution >= 4 is 19.8 Å². The van der Waals surface area contributed by atoms with Gasteiger partial charge in [-0.3, -0.25) is 18.6 Å². The van der Waals surface area contributed by atoms with Crippen LogP contribution in [0.3, 0.4) is 0 Å². The number of epoxide rings is 1. The second-order valence-electron chi connectivity index (χ2n) is 14.0. The van der Waals surface area contributed by atoms with Gasteiger partial charge in [0.2, 0.25) is 0 Å². The van der Waals surface area contributed by atoms with E-state index in [0.717, 1.165) is 77.0 Å². The molecule has 1 heterocycles. The first-order valence-electron chi connectivity index (χ1n) is 21.0. The fourth-order valence-electron chi connectivity index (χ4n) is 5.41. The van der Waals surface area contributed by atoms with Gasteiger partial charge in [-0.1, -0.05) is 125 Å². The number of carbonyl (C=O) groups excluding carboxylic acids is 2. The van der Waals surface area contributed by atoms with Crippen LogP contribution in [0.2, 0.25) is 0 Å². The first-order valence-corrected chi connectivity index (χ1v) is 22.5. The number of hydrogen-bond donors (Lipinski definition) is 3. The van der Waals surface area contributed by atoms with Gasteiger partial charge in [0.1, 0.15) is 12.7 Å². The van der Waals surface area contributed by atoms with Crippen LogP contribution in [0.25, 0.3) is 0 Å². The van der Waals surface area contributed by atoms with E-state index in [1.807, 2.05) is 12.2 Å². The fourth-order valence-corrected chi connectivity index (χ4v) is 6.20. The molecule has 1 fully saturated rings. The number of ether oxygens (including phenoxy) is 3. The molecule has 12 heteroatoms. The van der Waals surface area contributed by atoms with Gasteiger partial charge in [0, 0.05) is 12.8 Å². The van der Waals surface area contributed by atoms with Crippen molar-refractivity contribution in [3.63, 3.8) is 0 Å². The molecule has 0 aromatic rings. The summed E-state index contributed by atoms with van der Waals surface area (Å²) in [5.74, 6) is -1.04. The van der Waals surface area contributed by atoms with Gasteiger partial charge in [0.25, 0.3) is 0 Å². The van der Waals surface area contributed by atoms with Crippen LogP contribution in [0.1, 0.15) is 142 Å². The molecule has 1 aliphatic rings. The molecule has 0 radical (unpaired) electrons. The molecule has 56 heavy (non-hydrogen) atoms. The van der Waals surface area contributed by atoms with E-state index in [9.17, 15) is 24.2 Å². The normalized spacial score (nSPS) is 18.2. The first kappa shape index (κ1) is 51.4. The van der Waals surface area contributed by atoms with Gasteiger partial charge < -0.3 is 29.3 Å². The van der Waals surface area contributed by atoms with Gasteiger partial charge in [-0.25, -0.2) is 4.57 Å². The molecule has 0 aliphatic carbocycles. The van der Waals surface area contributed by atoms with Crippen LogP contribution in [0.5, 0.6) is 0 Å². The molecule has 0 spiro atoms. The summed E-state index contributed by atoms with van der Waals surface area (Å²) in [7, 11) is -4.64. The Labute approximate surface area is 337 Å². The lowest BCUT2D eigenvalue weighted by atomic mass is 10.1. The SMILES string of the molecule is CC/C=C\CC1OC1C/C=C\C/C=C\C/C=C\C/C=C\CCC(=O)O[C@H](COC(=O)CCCCCCC/C=C\CCCCCC)COP(=O)(O)OC[C@@H](O)CO. The molecule has 1 aliphatic heterocycles. The lowest BCUT2D eigenvalue weighted by molar-refractivity contribution is -0.161. The van der Waals surface area contributed by atoms with Crippen molar-refractivity contribution in [3.8, 4) is 0 Å². The van der Waals surface area contributed by atoms with Crippen LogP contribution in [-0.2, 0) is 37.4 Å². The minimum absolute atomic E-state index is 0.0507. The second kappa shape index (κ2) is 35.5. The summed E-state index contributed by atoms with van der Waals surface area (Å²) in [6.45, 7) is 2.12. The topological polar surface area (TPSA) is 161 Å². The number of phosphoric acid groups is 1. The molecule has 1 rings (SSSR count). The van der Waals surface area contributed by atoms with Gasteiger partial charge in [0.15, 0.2) is 6.10 Å². The smallest absolute Gasteiger partial charge is 0.462 e. The van der Waals surface area contributed by atoms with Crippen molar-refractivity contribution in [2.45, 2.75) is 167 Å². The number of aliphatic hydroxyl groups excluding tert-OH is 2. The molecule has 0 saturated carbocycles. The van der Waals surface area contributed by atoms with Crippen LogP contribution >= 0.6 is 7.82 Å². The Morgan fingerprint density at radius 3 is 1.80 bits per heavy atom. The maximum absolute atomic E-state index is 12.6. The van der Waals surface area contributed by atoms with Crippen LogP contribution < -0.4 is 0 Å². The van der Waals surface area contributed by atoms with Crippen molar-refractivity contribution < 1.29 is 52.5 Å². The number of carbonyl (C=O) groups is 2. The van der Waals surface area contributed by atoms with Crippen molar-refractivity contribution in [2.24, 2.45) is 0 Å². The lowest BCUT2D eigenvalue weighted by Gasteiger charge is -2.20. The Morgan fingerprint density at radius 2 is 1.18 bits per heavy atom. The minimum Gasteiger partial charge on any atom is -0.462 e. The van der Waals surface area contributed by atoms with Crippen molar-refractivity contribution in [3.05, 3.63) is 72.9 Å². The number of allylic oxidation sites excluding steroid dienone is 10. The third kappa shape index (κ3) is 32.5. The van der Waals surface area contributed by atoms with E-state index in [1.54, 1.807) is 0 Å². The highest BCUT2D eigenvalue weighted by molar-refractivity contribution is 7.47. The largest absolute Gasteiger partial charge is 0.472 e. The summed E-state index contributed by atoms with van der Waals surface area (Å²) < 4.78 is 38.2. The molecule has 0 amide bonds. The Bertz CT molecular complexity index is 1230. The van der Waals surface area contributed by atoms with E-state index in [-0.39, 0.29) is 19.4 Å². The minimum atomic E-state index is -4.64.